The lowest BCUT2D eigenvalue weighted by atomic mass is 9.87. The summed E-state index contributed by atoms with van der Waals surface area (Å²) in [4.78, 5) is 0. The van der Waals surface area contributed by atoms with Crippen LogP contribution in [0, 0.1) is 0 Å². The molecule has 1 aliphatic rings. The largest absolute Gasteiger partial charge is 0.259 e. The van der Waals surface area contributed by atoms with Gasteiger partial charge in [-0.2, -0.15) is 0 Å². The van der Waals surface area contributed by atoms with Gasteiger partial charge in [0.25, 0.3) is 0 Å². The molecule has 1 atom stereocenters. The van der Waals surface area contributed by atoms with Crippen molar-refractivity contribution in [2.75, 3.05) is 0 Å². The second kappa shape index (κ2) is 5.91. The van der Waals surface area contributed by atoms with E-state index in [1.807, 2.05) is 4.68 Å². The van der Waals surface area contributed by atoms with Gasteiger partial charge >= 0.3 is 0 Å². The van der Waals surface area contributed by atoms with E-state index in [1.165, 1.54) is 5.56 Å². The van der Waals surface area contributed by atoms with Crippen LogP contribution in [0.25, 0.3) is 0 Å². The smallest absolute Gasteiger partial charge is 0.164 e. The Morgan fingerprint density at radius 2 is 1.86 bits per heavy atom. The molecular formula is C16H22N4OS. The third-order valence-electron chi connectivity index (χ3n) is 3.89. The molecule has 0 radical (unpaired) electrons. The molecule has 1 aromatic heterocycles. The molecule has 1 heterocycles. The first-order chi connectivity index (χ1) is 10.4. The molecule has 0 spiro atoms. The van der Waals surface area contributed by atoms with E-state index in [0.29, 0.717) is 17.5 Å². The minimum atomic E-state index is -0.991. The Bertz CT molecular complexity index is 668. The van der Waals surface area contributed by atoms with Crippen molar-refractivity contribution in [1.29, 1.82) is 0 Å². The van der Waals surface area contributed by atoms with E-state index in [2.05, 4.69) is 60.6 Å². The van der Waals surface area contributed by atoms with E-state index in [9.17, 15) is 4.21 Å². The van der Waals surface area contributed by atoms with Crippen molar-refractivity contribution in [3.05, 3.63) is 41.2 Å². The van der Waals surface area contributed by atoms with Gasteiger partial charge in [0, 0.05) is 16.6 Å². The molecule has 2 aromatic rings. The average Bonchev–Trinajstić information content (AvgIpc) is 3.19. The van der Waals surface area contributed by atoms with Crippen molar-refractivity contribution >= 4 is 10.8 Å². The monoisotopic (exact) mass is 318 g/mol. The van der Waals surface area contributed by atoms with Gasteiger partial charge in [-0.1, -0.05) is 45.0 Å². The molecule has 6 heteroatoms. The number of benzene rings is 1. The van der Waals surface area contributed by atoms with E-state index in [0.717, 1.165) is 24.2 Å². The van der Waals surface area contributed by atoms with E-state index in [1.54, 1.807) is 0 Å². The van der Waals surface area contributed by atoms with Crippen LogP contribution in [0.4, 0.5) is 0 Å². The molecule has 3 rings (SSSR count). The van der Waals surface area contributed by atoms with Crippen LogP contribution in [-0.2, 0) is 27.7 Å². The molecule has 1 aliphatic carbocycles. The van der Waals surface area contributed by atoms with Crippen molar-refractivity contribution in [3.63, 3.8) is 0 Å². The fourth-order valence-corrected chi connectivity index (χ4v) is 3.54. The topological polar surface area (TPSA) is 60.7 Å². The second-order valence-electron chi connectivity index (χ2n) is 6.95. The Morgan fingerprint density at radius 3 is 2.45 bits per heavy atom. The van der Waals surface area contributed by atoms with Gasteiger partial charge in [-0.05, 0) is 39.8 Å². The molecule has 0 aliphatic heterocycles. The summed E-state index contributed by atoms with van der Waals surface area (Å²) in [5.74, 6) is 1.71. The second-order valence-corrected chi connectivity index (χ2v) is 8.40. The Balaban J connectivity index is 1.63. The summed E-state index contributed by atoms with van der Waals surface area (Å²) >= 11 is 0. The molecule has 0 bridgehead atoms. The highest BCUT2D eigenvalue weighted by atomic mass is 32.2. The van der Waals surface area contributed by atoms with Gasteiger partial charge in [0.15, 0.2) is 5.82 Å². The summed E-state index contributed by atoms with van der Waals surface area (Å²) < 4.78 is 14.2. The third-order valence-corrected chi connectivity index (χ3v) is 5.13. The molecule has 5 nitrogen and oxygen atoms in total. The normalized spacial score (nSPS) is 16.7. The van der Waals surface area contributed by atoms with Crippen molar-refractivity contribution in [2.24, 2.45) is 0 Å². The Hall–Kier alpha value is -1.56. The first kappa shape index (κ1) is 15.3. The van der Waals surface area contributed by atoms with Gasteiger partial charge in [0.05, 0.1) is 11.8 Å². The maximum atomic E-state index is 12.4. The fraction of sp³-hybridized carbons (Fsp3) is 0.562. The lowest BCUT2D eigenvalue weighted by Gasteiger charge is -2.19. The van der Waals surface area contributed by atoms with Crippen LogP contribution in [0.5, 0.6) is 0 Å². The Morgan fingerprint density at radius 1 is 1.18 bits per heavy atom. The number of rotatable bonds is 5. The summed E-state index contributed by atoms with van der Waals surface area (Å²) in [6, 6.07) is 8.82. The average molecular weight is 318 g/mol. The van der Waals surface area contributed by atoms with E-state index >= 15 is 0 Å². The van der Waals surface area contributed by atoms with Gasteiger partial charge in [0.1, 0.15) is 0 Å². The Labute approximate surface area is 133 Å². The molecular weight excluding hydrogens is 296 g/mol. The number of tetrazole rings is 1. The first-order valence-electron chi connectivity index (χ1n) is 7.64. The molecule has 0 N–H and O–H groups in total. The fourth-order valence-electron chi connectivity index (χ4n) is 2.39. The third kappa shape index (κ3) is 3.61. The lowest BCUT2D eigenvalue weighted by molar-refractivity contribution is 0.590. The number of hydrogen-bond donors (Lipinski definition) is 0. The van der Waals surface area contributed by atoms with Gasteiger partial charge in [0.2, 0.25) is 0 Å². The molecule has 118 valence electrons. The van der Waals surface area contributed by atoms with Gasteiger partial charge in [-0.3, -0.25) is 4.21 Å². The highest BCUT2D eigenvalue weighted by Gasteiger charge is 2.28. The van der Waals surface area contributed by atoms with Crippen LogP contribution in [-0.4, -0.2) is 24.4 Å². The van der Waals surface area contributed by atoms with Crippen molar-refractivity contribution in [1.82, 2.24) is 20.2 Å². The highest BCUT2D eigenvalue weighted by molar-refractivity contribution is 7.83. The highest BCUT2D eigenvalue weighted by Crippen LogP contribution is 2.34. The number of aromatic nitrogens is 4. The van der Waals surface area contributed by atoms with Gasteiger partial charge < -0.3 is 0 Å². The summed E-state index contributed by atoms with van der Waals surface area (Å²) in [5, 5.41) is 11.7. The van der Waals surface area contributed by atoms with Crippen LogP contribution in [0.2, 0.25) is 0 Å². The van der Waals surface area contributed by atoms with Crippen molar-refractivity contribution in [3.8, 4) is 0 Å². The van der Waals surface area contributed by atoms with Crippen molar-refractivity contribution < 1.29 is 4.21 Å². The summed E-state index contributed by atoms with van der Waals surface area (Å²) in [6.45, 7) is 6.58. The van der Waals surface area contributed by atoms with Crippen LogP contribution < -0.4 is 0 Å². The maximum absolute atomic E-state index is 12.4. The number of hydrogen-bond acceptors (Lipinski definition) is 4. The molecule has 22 heavy (non-hydrogen) atoms. The zero-order valence-corrected chi connectivity index (χ0v) is 14.1. The SMILES string of the molecule is CC(C)(C)c1ccc(CS(=O)Cc2nnnn2C2CC2)cc1. The molecule has 1 fully saturated rings. The predicted molar refractivity (Wildman–Crippen MR) is 86.8 cm³/mol. The predicted octanol–water partition coefficient (Wildman–Crippen LogP) is 2.75. The maximum Gasteiger partial charge on any atom is 0.164 e. The minimum absolute atomic E-state index is 0.143. The summed E-state index contributed by atoms with van der Waals surface area (Å²) in [7, 11) is -0.991. The Kier molecular flexibility index (Phi) is 4.12. The van der Waals surface area contributed by atoms with Crippen molar-refractivity contribution in [2.45, 2.75) is 56.6 Å². The molecule has 0 saturated heterocycles. The van der Waals surface area contributed by atoms with Crippen LogP contribution in [0.1, 0.15) is 56.6 Å². The minimum Gasteiger partial charge on any atom is -0.259 e. The zero-order valence-electron chi connectivity index (χ0n) is 13.3. The van der Waals surface area contributed by atoms with E-state index in [-0.39, 0.29) is 5.41 Å². The molecule has 1 aromatic carbocycles. The molecule has 1 saturated carbocycles. The quantitative estimate of drug-likeness (QED) is 0.850. The standard InChI is InChI=1S/C16H22N4OS/c1-16(2,3)13-6-4-12(5-7-13)10-22(21)11-15-17-18-19-20(15)14-8-9-14/h4-7,14H,8-11H2,1-3H3. The van der Waals surface area contributed by atoms with E-state index < -0.39 is 10.8 Å². The molecule has 1 unspecified atom stereocenters. The molecule has 0 amide bonds. The van der Waals surface area contributed by atoms with E-state index in [4.69, 9.17) is 0 Å². The van der Waals surface area contributed by atoms with Crippen LogP contribution >= 0.6 is 0 Å². The van der Waals surface area contributed by atoms with Crippen LogP contribution in [0.15, 0.2) is 24.3 Å². The lowest BCUT2D eigenvalue weighted by Crippen LogP contribution is -2.11. The first-order valence-corrected chi connectivity index (χ1v) is 9.13. The van der Waals surface area contributed by atoms with Gasteiger partial charge in [-0.25, -0.2) is 4.68 Å². The summed E-state index contributed by atoms with van der Waals surface area (Å²) in [6.07, 6.45) is 2.25. The summed E-state index contributed by atoms with van der Waals surface area (Å²) in [5.41, 5.74) is 2.53. The van der Waals surface area contributed by atoms with Gasteiger partial charge in [-0.15, -0.1) is 5.10 Å². The number of nitrogens with zero attached hydrogens (tertiary/aromatic N) is 4. The van der Waals surface area contributed by atoms with Crippen LogP contribution in [0.3, 0.4) is 0 Å². The zero-order chi connectivity index (χ0) is 15.7.